The molecule has 0 aliphatic rings. The highest BCUT2D eigenvalue weighted by Gasteiger charge is 2.18. The van der Waals surface area contributed by atoms with Gasteiger partial charge in [0.1, 0.15) is 0 Å². The van der Waals surface area contributed by atoms with Crippen molar-refractivity contribution in [1.29, 1.82) is 0 Å². The first kappa shape index (κ1) is 30.3. The van der Waals surface area contributed by atoms with Crippen LogP contribution >= 0.6 is 0 Å². The second-order valence-electron chi connectivity index (χ2n) is 13.7. The summed E-state index contributed by atoms with van der Waals surface area (Å²) in [5, 5.41) is 7.66. The standard InChI is InChI=1S/C49H29N5/c1-2-10-30(11-3-1)44-38-15-5-4-12-31(38)24-34-18-19-43(54-45(34)44)37-26-35(41-28-32-13-6-20-50-46(32)48-39(41)16-8-22-52-48)25-36(27-37)42-29-33-14-7-21-51-47(33)49-40(42)17-9-23-53-49/h1-29H. The summed E-state index contributed by atoms with van der Waals surface area (Å²) in [6.45, 7) is 0. The molecule has 5 nitrogen and oxygen atoms in total. The minimum Gasteiger partial charge on any atom is -0.254 e. The number of fused-ring (bicyclic) bond motifs is 8. The summed E-state index contributed by atoms with van der Waals surface area (Å²) in [7, 11) is 0. The van der Waals surface area contributed by atoms with Crippen molar-refractivity contribution in [3.63, 3.8) is 0 Å². The summed E-state index contributed by atoms with van der Waals surface area (Å²) in [6, 6.07) is 53.6. The van der Waals surface area contributed by atoms with Gasteiger partial charge in [-0.2, -0.15) is 0 Å². The molecule has 0 fully saturated rings. The minimum absolute atomic E-state index is 0.882. The van der Waals surface area contributed by atoms with Crippen molar-refractivity contribution in [2.75, 3.05) is 0 Å². The Bertz CT molecular complexity index is 3150. The van der Waals surface area contributed by atoms with Crippen LogP contribution in [-0.4, -0.2) is 24.9 Å². The van der Waals surface area contributed by atoms with E-state index in [1.165, 1.54) is 10.8 Å². The van der Waals surface area contributed by atoms with Crippen LogP contribution in [0.1, 0.15) is 0 Å². The highest BCUT2D eigenvalue weighted by molar-refractivity contribution is 6.14. The van der Waals surface area contributed by atoms with Crippen molar-refractivity contribution in [2.45, 2.75) is 0 Å². The lowest BCUT2D eigenvalue weighted by atomic mass is 9.90. The van der Waals surface area contributed by atoms with E-state index < -0.39 is 0 Å². The molecule has 0 aliphatic heterocycles. The van der Waals surface area contributed by atoms with E-state index >= 15 is 0 Å². The van der Waals surface area contributed by atoms with Crippen LogP contribution in [0.4, 0.5) is 0 Å². The molecule has 0 atom stereocenters. The number of nitrogens with zero attached hydrogens (tertiary/aromatic N) is 5. The maximum atomic E-state index is 5.52. The van der Waals surface area contributed by atoms with E-state index in [1.807, 2.05) is 49.1 Å². The summed E-state index contributed by atoms with van der Waals surface area (Å²) < 4.78 is 0. The molecule has 0 bridgehead atoms. The van der Waals surface area contributed by atoms with Gasteiger partial charge in [0.05, 0.1) is 33.3 Å². The molecule has 0 amide bonds. The fourth-order valence-electron chi connectivity index (χ4n) is 8.11. The Morgan fingerprint density at radius 1 is 0.296 bits per heavy atom. The van der Waals surface area contributed by atoms with Gasteiger partial charge in [0.25, 0.3) is 0 Å². The van der Waals surface area contributed by atoms with Gasteiger partial charge in [0.15, 0.2) is 0 Å². The molecular formula is C49H29N5. The molecular weight excluding hydrogens is 659 g/mol. The van der Waals surface area contributed by atoms with Crippen LogP contribution in [0, 0.1) is 0 Å². The average molecular weight is 688 g/mol. The first-order valence-corrected chi connectivity index (χ1v) is 18.1. The van der Waals surface area contributed by atoms with Crippen LogP contribution in [0.2, 0.25) is 0 Å². The van der Waals surface area contributed by atoms with E-state index in [4.69, 9.17) is 24.9 Å². The topological polar surface area (TPSA) is 64.5 Å². The third-order valence-electron chi connectivity index (χ3n) is 10.5. The first-order chi connectivity index (χ1) is 26.8. The highest BCUT2D eigenvalue weighted by Crippen LogP contribution is 2.42. The van der Waals surface area contributed by atoms with Gasteiger partial charge in [0, 0.05) is 62.8 Å². The van der Waals surface area contributed by atoms with E-state index in [2.05, 4.69) is 127 Å². The molecule has 11 aromatic rings. The Morgan fingerprint density at radius 2 is 0.796 bits per heavy atom. The van der Waals surface area contributed by atoms with Gasteiger partial charge >= 0.3 is 0 Å². The van der Waals surface area contributed by atoms with Crippen LogP contribution in [0.3, 0.4) is 0 Å². The zero-order valence-electron chi connectivity index (χ0n) is 29.0. The predicted molar refractivity (Wildman–Crippen MR) is 222 cm³/mol. The Balaban J connectivity index is 1.23. The lowest BCUT2D eigenvalue weighted by Gasteiger charge is -2.16. The van der Waals surface area contributed by atoms with Gasteiger partial charge in [-0.15, -0.1) is 0 Å². The molecule has 0 aliphatic carbocycles. The molecule has 250 valence electrons. The molecule has 5 aromatic heterocycles. The van der Waals surface area contributed by atoms with Gasteiger partial charge in [0.2, 0.25) is 0 Å². The number of hydrogen-bond donors (Lipinski definition) is 0. The fourth-order valence-corrected chi connectivity index (χ4v) is 8.11. The Hall–Kier alpha value is -7.37. The Kier molecular flexibility index (Phi) is 6.79. The summed E-state index contributed by atoms with van der Waals surface area (Å²) in [4.78, 5) is 24.7. The summed E-state index contributed by atoms with van der Waals surface area (Å²) >= 11 is 0. The molecule has 0 radical (unpaired) electrons. The van der Waals surface area contributed by atoms with Crippen molar-refractivity contribution in [2.24, 2.45) is 0 Å². The van der Waals surface area contributed by atoms with E-state index in [1.54, 1.807) is 0 Å². The molecule has 11 rings (SSSR count). The third kappa shape index (κ3) is 4.83. The number of pyridine rings is 5. The molecule has 5 heterocycles. The van der Waals surface area contributed by atoms with Crippen molar-refractivity contribution in [1.82, 2.24) is 24.9 Å². The zero-order chi connectivity index (χ0) is 35.6. The van der Waals surface area contributed by atoms with Crippen LogP contribution in [0.5, 0.6) is 0 Å². The lowest BCUT2D eigenvalue weighted by Crippen LogP contribution is -1.94. The van der Waals surface area contributed by atoms with E-state index in [-0.39, 0.29) is 0 Å². The number of benzene rings is 6. The van der Waals surface area contributed by atoms with E-state index in [0.29, 0.717) is 0 Å². The second kappa shape index (κ2) is 12.1. The zero-order valence-corrected chi connectivity index (χ0v) is 29.0. The van der Waals surface area contributed by atoms with Gasteiger partial charge in [-0.3, -0.25) is 19.9 Å². The molecule has 5 heteroatoms. The Labute approximate surface area is 310 Å². The van der Waals surface area contributed by atoms with Crippen LogP contribution in [0.25, 0.3) is 110 Å². The van der Waals surface area contributed by atoms with Gasteiger partial charge in [-0.1, -0.05) is 84.9 Å². The molecule has 0 spiro atoms. The summed E-state index contributed by atoms with van der Waals surface area (Å²) in [5.41, 5.74) is 13.0. The second-order valence-corrected chi connectivity index (χ2v) is 13.7. The fraction of sp³-hybridized carbons (Fsp3) is 0. The maximum Gasteiger partial charge on any atom is 0.0970 e. The van der Waals surface area contributed by atoms with Crippen molar-refractivity contribution < 1.29 is 0 Å². The highest BCUT2D eigenvalue weighted by atomic mass is 14.7. The quantitative estimate of drug-likeness (QED) is 0.136. The lowest BCUT2D eigenvalue weighted by molar-refractivity contribution is 1.37. The van der Waals surface area contributed by atoms with Crippen LogP contribution in [0.15, 0.2) is 176 Å². The Morgan fingerprint density at radius 3 is 1.44 bits per heavy atom. The minimum atomic E-state index is 0.882. The van der Waals surface area contributed by atoms with E-state index in [9.17, 15) is 0 Å². The molecule has 0 unspecified atom stereocenters. The summed E-state index contributed by atoms with van der Waals surface area (Å²) in [6.07, 6.45) is 7.36. The van der Waals surface area contributed by atoms with E-state index in [0.717, 1.165) is 99.2 Å². The predicted octanol–water partition coefficient (Wildman–Crippen LogP) is 12.2. The molecule has 0 saturated carbocycles. The monoisotopic (exact) mass is 687 g/mol. The van der Waals surface area contributed by atoms with Crippen molar-refractivity contribution in [3.8, 4) is 44.6 Å². The largest absolute Gasteiger partial charge is 0.254 e. The summed E-state index contributed by atoms with van der Waals surface area (Å²) in [5.74, 6) is 0. The average Bonchev–Trinajstić information content (AvgIpc) is 3.25. The normalized spacial score (nSPS) is 11.7. The SMILES string of the molecule is c1ccc(-c2c3ccccc3cc3ccc(-c4cc(-c5cc6cccnc6c6ncccc56)cc(-c5cc6cccnc6c6ncccc56)c4)nc23)cc1. The smallest absolute Gasteiger partial charge is 0.0970 e. The van der Waals surface area contributed by atoms with Gasteiger partial charge in [-0.25, -0.2) is 4.98 Å². The molecule has 54 heavy (non-hydrogen) atoms. The molecule has 0 N–H and O–H groups in total. The van der Waals surface area contributed by atoms with Crippen molar-refractivity contribution in [3.05, 3.63) is 176 Å². The molecule has 6 aromatic carbocycles. The van der Waals surface area contributed by atoms with Crippen LogP contribution in [-0.2, 0) is 0 Å². The van der Waals surface area contributed by atoms with Crippen molar-refractivity contribution >= 4 is 65.3 Å². The number of aromatic nitrogens is 5. The maximum absolute atomic E-state index is 5.52. The van der Waals surface area contributed by atoms with Gasteiger partial charge < -0.3 is 0 Å². The van der Waals surface area contributed by atoms with Gasteiger partial charge in [-0.05, 0) is 105 Å². The van der Waals surface area contributed by atoms with Crippen LogP contribution < -0.4 is 0 Å². The first-order valence-electron chi connectivity index (χ1n) is 18.1. The number of hydrogen-bond acceptors (Lipinski definition) is 5. The number of rotatable bonds is 4. The molecule has 0 saturated heterocycles. The third-order valence-corrected chi connectivity index (χ3v) is 10.5.